The van der Waals surface area contributed by atoms with E-state index in [1.807, 2.05) is 54.9 Å². The Morgan fingerprint density at radius 1 is 1.22 bits per heavy atom. The second kappa shape index (κ2) is 6.34. The lowest BCUT2D eigenvalue weighted by atomic mass is 10.2. The van der Waals surface area contributed by atoms with E-state index in [1.54, 1.807) is 0 Å². The number of aryl methyl sites for hydroxylation is 2. The van der Waals surface area contributed by atoms with Gasteiger partial charge in [-0.1, -0.05) is 29.9 Å². The zero-order chi connectivity index (χ0) is 16.4. The van der Waals surface area contributed by atoms with Crippen molar-refractivity contribution in [3.63, 3.8) is 0 Å². The molecular formula is C17H18N4OS. The van der Waals surface area contributed by atoms with Gasteiger partial charge in [0, 0.05) is 6.20 Å². The minimum absolute atomic E-state index is 0.334. The molecule has 0 amide bonds. The Balaban J connectivity index is 1.91. The molecule has 0 bridgehead atoms. The van der Waals surface area contributed by atoms with Crippen LogP contribution < -0.4 is 10.5 Å². The van der Waals surface area contributed by atoms with E-state index in [9.17, 15) is 0 Å². The van der Waals surface area contributed by atoms with Crippen LogP contribution in [-0.2, 0) is 13.2 Å². The van der Waals surface area contributed by atoms with E-state index in [1.165, 1.54) is 5.56 Å². The average molecular weight is 326 g/mol. The van der Waals surface area contributed by atoms with Gasteiger partial charge in [0.15, 0.2) is 5.65 Å². The van der Waals surface area contributed by atoms with E-state index in [-0.39, 0.29) is 0 Å². The number of fused-ring (bicyclic) bond motifs is 1. The van der Waals surface area contributed by atoms with E-state index in [0.29, 0.717) is 18.1 Å². The molecule has 0 unspecified atom stereocenters. The summed E-state index contributed by atoms with van der Waals surface area (Å²) in [5.41, 5.74) is 9.56. The number of imidazole rings is 1. The maximum absolute atomic E-state index is 5.83. The first kappa shape index (κ1) is 15.4. The maximum Gasteiger partial charge on any atom is 0.160 e. The lowest BCUT2D eigenvalue weighted by molar-refractivity contribution is 0.291. The van der Waals surface area contributed by atoms with Crippen LogP contribution in [0.2, 0.25) is 0 Å². The highest BCUT2D eigenvalue weighted by atomic mass is 32.1. The van der Waals surface area contributed by atoms with Gasteiger partial charge in [0.2, 0.25) is 0 Å². The number of hydrogen-bond donors (Lipinski definition) is 1. The zero-order valence-electron chi connectivity index (χ0n) is 13.1. The van der Waals surface area contributed by atoms with Crippen LogP contribution in [0.5, 0.6) is 5.75 Å². The molecule has 0 atom stereocenters. The Morgan fingerprint density at radius 3 is 2.65 bits per heavy atom. The number of ether oxygens (including phenoxy) is 1. The van der Waals surface area contributed by atoms with Crippen LogP contribution in [0.1, 0.15) is 17.0 Å². The molecule has 118 valence electrons. The molecule has 0 aliphatic carbocycles. The van der Waals surface area contributed by atoms with Gasteiger partial charge in [-0.2, -0.15) is 0 Å². The van der Waals surface area contributed by atoms with E-state index in [2.05, 4.69) is 9.97 Å². The highest BCUT2D eigenvalue weighted by Crippen LogP contribution is 2.18. The van der Waals surface area contributed by atoms with Gasteiger partial charge in [0.05, 0.1) is 11.5 Å². The van der Waals surface area contributed by atoms with Crippen molar-refractivity contribution < 1.29 is 4.74 Å². The van der Waals surface area contributed by atoms with E-state index < -0.39 is 0 Å². The molecule has 1 aromatic carbocycles. The topological polar surface area (TPSA) is 66.0 Å². The number of hydrogen-bond acceptors (Lipinski definition) is 4. The molecule has 23 heavy (non-hydrogen) atoms. The summed E-state index contributed by atoms with van der Waals surface area (Å²) in [7, 11) is 0. The Bertz CT molecular complexity index is 855. The predicted molar refractivity (Wildman–Crippen MR) is 94.6 cm³/mol. The third kappa shape index (κ3) is 3.48. The molecule has 0 fully saturated rings. The lowest BCUT2D eigenvalue weighted by Crippen LogP contribution is -2.19. The largest absolute Gasteiger partial charge is 0.486 e. The predicted octanol–water partition coefficient (Wildman–Crippen LogP) is 2.91. The molecule has 0 aliphatic heterocycles. The summed E-state index contributed by atoms with van der Waals surface area (Å²) in [6, 6.07) is 9.90. The molecule has 2 N–H and O–H groups in total. The molecule has 6 heteroatoms. The second-order valence-corrected chi connectivity index (χ2v) is 6.06. The number of rotatable bonds is 5. The number of aromatic nitrogens is 3. The number of thiocarbonyl (C=S) groups is 1. The van der Waals surface area contributed by atoms with Gasteiger partial charge in [-0.05, 0) is 37.6 Å². The summed E-state index contributed by atoms with van der Waals surface area (Å²) in [5.74, 6) is 1.56. The van der Waals surface area contributed by atoms with Crippen molar-refractivity contribution >= 4 is 28.4 Å². The number of benzene rings is 1. The van der Waals surface area contributed by atoms with Crippen LogP contribution in [0.15, 0.2) is 36.5 Å². The smallest absolute Gasteiger partial charge is 0.160 e. The number of pyridine rings is 1. The van der Waals surface area contributed by atoms with Gasteiger partial charge >= 0.3 is 0 Å². The van der Waals surface area contributed by atoms with Gasteiger partial charge in [-0.3, -0.25) is 0 Å². The Labute approximate surface area is 140 Å². The van der Waals surface area contributed by atoms with E-state index in [4.69, 9.17) is 22.7 Å². The molecule has 3 aromatic rings. The van der Waals surface area contributed by atoms with Gasteiger partial charge in [0.1, 0.15) is 23.7 Å². The zero-order valence-corrected chi connectivity index (χ0v) is 13.9. The van der Waals surface area contributed by atoms with Crippen LogP contribution in [0.4, 0.5) is 0 Å². The first-order valence-corrected chi connectivity index (χ1v) is 7.73. The Morgan fingerprint density at radius 2 is 1.96 bits per heavy atom. The summed E-state index contributed by atoms with van der Waals surface area (Å²) >= 11 is 5.04. The van der Waals surface area contributed by atoms with Gasteiger partial charge in [0.25, 0.3) is 0 Å². The van der Waals surface area contributed by atoms with Crippen molar-refractivity contribution in [1.82, 2.24) is 14.5 Å². The summed E-state index contributed by atoms with van der Waals surface area (Å²) in [6.07, 6.45) is 1.81. The fourth-order valence-corrected chi connectivity index (χ4v) is 2.50. The van der Waals surface area contributed by atoms with Crippen molar-refractivity contribution in [1.29, 1.82) is 0 Å². The van der Waals surface area contributed by atoms with Crippen LogP contribution in [0.25, 0.3) is 11.2 Å². The van der Waals surface area contributed by atoms with Crippen molar-refractivity contribution in [3.8, 4) is 5.75 Å². The van der Waals surface area contributed by atoms with Crippen LogP contribution in [0, 0.1) is 13.8 Å². The van der Waals surface area contributed by atoms with Crippen molar-refractivity contribution in [2.45, 2.75) is 27.0 Å². The SMILES string of the molecule is Cc1ccc(OCc2nc3cc(C)cnc3n2CC(N)=S)cc1. The molecule has 0 saturated heterocycles. The van der Waals surface area contributed by atoms with Crippen LogP contribution >= 0.6 is 12.2 Å². The maximum atomic E-state index is 5.83. The number of nitrogens with zero attached hydrogens (tertiary/aromatic N) is 3. The standard InChI is InChI=1S/C17H18N4OS/c1-11-3-5-13(6-4-11)22-10-16-20-14-7-12(2)8-19-17(14)21(16)9-15(18)23/h3-8H,9-10H2,1-2H3,(H2,18,23). The first-order chi connectivity index (χ1) is 11.0. The van der Waals surface area contributed by atoms with Crippen LogP contribution in [0.3, 0.4) is 0 Å². The lowest BCUT2D eigenvalue weighted by Gasteiger charge is -2.09. The molecule has 2 heterocycles. The van der Waals surface area contributed by atoms with Gasteiger partial charge in [-0.15, -0.1) is 0 Å². The van der Waals surface area contributed by atoms with E-state index in [0.717, 1.165) is 28.3 Å². The minimum atomic E-state index is 0.334. The molecule has 0 spiro atoms. The quantitative estimate of drug-likeness (QED) is 0.730. The Hall–Kier alpha value is -2.47. The second-order valence-electron chi connectivity index (χ2n) is 5.54. The van der Waals surface area contributed by atoms with Crippen molar-refractivity contribution in [3.05, 3.63) is 53.5 Å². The average Bonchev–Trinajstić information content (AvgIpc) is 2.83. The fourth-order valence-electron chi connectivity index (χ4n) is 2.37. The van der Waals surface area contributed by atoms with E-state index >= 15 is 0 Å². The first-order valence-electron chi connectivity index (χ1n) is 7.32. The highest BCUT2D eigenvalue weighted by Gasteiger charge is 2.13. The van der Waals surface area contributed by atoms with Crippen molar-refractivity contribution in [2.24, 2.45) is 5.73 Å². The summed E-state index contributed by atoms with van der Waals surface area (Å²) in [5, 5.41) is 0. The third-order valence-corrected chi connectivity index (χ3v) is 3.63. The Kier molecular flexibility index (Phi) is 4.25. The van der Waals surface area contributed by atoms with Gasteiger partial charge < -0.3 is 15.0 Å². The summed E-state index contributed by atoms with van der Waals surface area (Å²) < 4.78 is 7.74. The van der Waals surface area contributed by atoms with Crippen LogP contribution in [-0.4, -0.2) is 19.5 Å². The number of nitrogens with two attached hydrogens (primary N) is 1. The monoisotopic (exact) mass is 326 g/mol. The molecule has 0 aliphatic rings. The highest BCUT2D eigenvalue weighted by molar-refractivity contribution is 7.80. The molecule has 2 aromatic heterocycles. The van der Waals surface area contributed by atoms with Gasteiger partial charge in [-0.25, -0.2) is 9.97 Å². The molecule has 0 radical (unpaired) electrons. The minimum Gasteiger partial charge on any atom is -0.486 e. The molecule has 0 saturated carbocycles. The summed E-state index contributed by atoms with van der Waals surface area (Å²) in [4.78, 5) is 9.46. The van der Waals surface area contributed by atoms with Crippen molar-refractivity contribution in [2.75, 3.05) is 0 Å². The normalized spacial score (nSPS) is 10.9. The molecule has 5 nitrogen and oxygen atoms in total. The summed E-state index contributed by atoms with van der Waals surface area (Å²) in [6.45, 7) is 4.76. The third-order valence-electron chi connectivity index (χ3n) is 3.50. The fraction of sp³-hybridized carbons (Fsp3) is 0.235. The molecule has 3 rings (SSSR count). The molecular weight excluding hydrogens is 308 g/mol.